The second kappa shape index (κ2) is 8.36. The van der Waals surface area contributed by atoms with Gasteiger partial charge in [0.05, 0.1) is 0 Å². The van der Waals surface area contributed by atoms with E-state index in [4.69, 9.17) is 16.3 Å². The topological polar surface area (TPSA) is 67.4 Å². The minimum atomic E-state index is -0.680. The summed E-state index contributed by atoms with van der Waals surface area (Å²) in [5.41, 5.74) is 1.21. The lowest BCUT2D eigenvalue weighted by molar-refractivity contribution is -0.122. The minimum Gasteiger partial charge on any atom is -0.481 e. The van der Waals surface area contributed by atoms with E-state index >= 15 is 0 Å². The van der Waals surface area contributed by atoms with Gasteiger partial charge in [0.2, 0.25) is 5.91 Å². The predicted molar refractivity (Wildman–Crippen MR) is 95.5 cm³/mol. The maximum absolute atomic E-state index is 12.2. The van der Waals surface area contributed by atoms with Crippen molar-refractivity contribution in [1.29, 1.82) is 0 Å². The Morgan fingerprint density at radius 3 is 2.33 bits per heavy atom. The third-order valence-corrected chi connectivity index (χ3v) is 3.48. The van der Waals surface area contributed by atoms with Gasteiger partial charge in [0.1, 0.15) is 5.75 Å². The molecule has 2 amide bonds. The number of hydrogen-bond acceptors (Lipinski definition) is 3. The molecule has 0 aliphatic rings. The molecular weight excluding hydrogens is 328 g/mol. The number of nitrogens with one attached hydrogen (secondary N) is 2. The Morgan fingerprint density at radius 2 is 1.71 bits per heavy atom. The first-order valence-corrected chi connectivity index (χ1v) is 7.98. The molecule has 0 saturated carbocycles. The van der Waals surface area contributed by atoms with Gasteiger partial charge in [0.15, 0.2) is 6.10 Å². The van der Waals surface area contributed by atoms with Gasteiger partial charge in [-0.1, -0.05) is 24.6 Å². The summed E-state index contributed by atoms with van der Waals surface area (Å²) in [6.45, 7) is 3.43. The van der Waals surface area contributed by atoms with Gasteiger partial charge < -0.3 is 15.4 Å². The molecule has 0 heterocycles. The Hall–Kier alpha value is -2.53. The van der Waals surface area contributed by atoms with Crippen LogP contribution < -0.4 is 15.4 Å². The molecule has 0 fully saturated rings. The molecule has 2 aromatic rings. The lowest BCUT2D eigenvalue weighted by atomic mass is 10.2. The number of ether oxygens (including phenoxy) is 1. The van der Waals surface area contributed by atoms with Crippen molar-refractivity contribution in [2.75, 3.05) is 10.6 Å². The summed E-state index contributed by atoms with van der Waals surface area (Å²) < 4.78 is 5.58. The molecule has 1 atom stereocenters. The highest BCUT2D eigenvalue weighted by molar-refractivity contribution is 6.30. The van der Waals surface area contributed by atoms with Crippen LogP contribution in [0.25, 0.3) is 0 Å². The highest BCUT2D eigenvalue weighted by atomic mass is 35.5. The van der Waals surface area contributed by atoms with Crippen molar-refractivity contribution in [3.8, 4) is 5.75 Å². The molecule has 1 unspecified atom stereocenters. The van der Waals surface area contributed by atoms with Gasteiger partial charge in [0.25, 0.3) is 5.91 Å². The van der Waals surface area contributed by atoms with Crippen molar-refractivity contribution < 1.29 is 14.3 Å². The molecule has 2 aromatic carbocycles. The van der Waals surface area contributed by atoms with Gasteiger partial charge in [-0.05, 0) is 49.4 Å². The molecule has 126 valence electrons. The van der Waals surface area contributed by atoms with Crippen molar-refractivity contribution in [3.63, 3.8) is 0 Å². The highest BCUT2D eigenvalue weighted by Gasteiger charge is 2.15. The van der Waals surface area contributed by atoms with Crippen LogP contribution in [0.1, 0.15) is 20.3 Å². The number of carbonyl (C=O) groups excluding carboxylic acids is 2. The second-order valence-corrected chi connectivity index (χ2v) is 5.62. The fourth-order valence-corrected chi connectivity index (χ4v) is 2.06. The summed E-state index contributed by atoms with van der Waals surface area (Å²) >= 11 is 5.81. The molecule has 5 nitrogen and oxygen atoms in total. The molecule has 24 heavy (non-hydrogen) atoms. The van der Waals surface area contributed by atoms with Crippen LogP contribution in [0, 0.1) is 0 Å². The normalized spacial score (nSPS) is 11.5. The number of amides is 2. The van der Waals surface area contributed by atoms with Gasteiger partial charge >= 0.3 is 0 Å². The Balaban J connectivity index is 1.96. The van der Waals surface area contributed by atoms with E-state index in [0.717, 1.165) is 0 Å². The molecule has 2 N–H and O–H groups in total. The van der Waals surface area contributed by atoms with Crippen LogP contribution in [0.15, 0.2) is 48.5 Å². The molecular formula is C18H19ClN2O3. The fraction of sp³-hybridized carbons (Fsp3) is 0.222. The van der Waals surface area contributed by atoms with Crippen LogP contribution >= 0.6 is 11.6 Å². The third-order valence-electron chi connectivity index (χ3n) is 3.23. The standard InChI is InChI=1S/C18H19ClN2O3/c1-3-17(22)20-14-5-4-6-15(11-14)21-18(23)12(2)24-16-9-7-13(19)8-10-16/h4-12H,3H2,1-2H3,(H,20,22)(H,21,23). The minimum absolute atomic E-state index is 0.0853. The van der Waals surface area contributed by atoms with Crippen LogP contribution in [-0.4, -0.2) is 17.9 Å². The van der Waals surface area contributed by atoms with E-state index in [2.05, 4.69) is 10.6 Å². The smallest absolute Gasteiger partial charge is 0.265 e. The first-order valence-electron chi connectivity index (χ1n) is 7.61. The average Bonchev–Trinajstić information content (AvgIpc) is 2.57. The van der Waals surface area contributed by atoms with E-state index in [0.29, 0.717) is 28.6 Å². The first kappa shape index (κ1) is 17.8. The van der Waals surface area contributed by atoms with E-state index in [1.165, 1.54) is 0 Å². The van der Waals surface area contributed by atoms with Gasteiger partial charge in [-0.15, -0.1) is 0 Å². The predicted octanol–water partition coefficient (Wildman–Crippen LogP) is 4.09. The van der Waals surface area contributed by atoms with Crippen molar-refractivity contribution in [2.24, 2.45) is 0 Å². The van der Waals surface area contributed by atoms with Crippen LogP contribution in [0.3, 0.4) is 0 Å². The molecule has 0 saturated heterocycles. The summed E-state index contributed by atoms with van der Waals surface area (Å²) in [7, 11) is 0. The molecule has 2 rings (SSSR count). The summed E-state index contributed by atoms with van der Waals surface area (Å²) in [6.07, 6.45) is -0.289. The fourth-order valence-electron chi connectivity index (χ4n) is 1.94. The van der Waals surface area contributed by atoms with Crippen molar-refractivity contribution in [1.82, 2.24) is 0 Å². The number of anilines is 2. The summed E-state index contributed by atoms with van der Waals surface area (Å²) in [5, 5.41) is 6.11. The molecule has 0 aromatic heterocycles. The summed E-state index contributed by atoms with van der Waals surface area (Å²) in [5.74, 6) is 0.188. The molecule has 6 heteroatoms. The largest absolute Gasteiger partial charge is 0.481 e. The number of benzene rings is 2. The van der Waals surface area contributed by atoms with E-state index in [1.807, 2.05) is 0 Å². The molecule has 0 aliphatic carbocycles. The monoisotopic (exact) mass is 346 g/mol. The zero-order chi connectivity index (χ0) is 17.5. The molecule has 0 spiro atoms. The Bertz CT molecular complexity index is 716. The van der Waals surface area contributed by atoms with Crippen molar-refractivity contribution >= 4 is 34.8 Å². The Labute approximate surface area is 146 Å². The Kier molecular flexibility index (Phi) is 6.21. The van der Waals surface area contributed by atoms with Crippen molar-refractivity contribution in [3.05, 3.63) is 53.6 Å². The number of hydrogen-bond donors (Lipinski definition) is 2. The van der Waals surface area contributed by atoms with E-state index in [9.17, 15) is 9.59 Å². The van der Waals surface area contributed by atoms with Crippen LogP contribution in [0.4, 0.5) is 11.4 Å². The zero-order valence-electron chi connectivity index (χ0n) is 13.5. The van der Waals surface area contributed by atoms with Crippen LogP contribution in [0.5, 0.6) is 5.75 Å². The molecule has 0 bridgehead atoms. The maximum Gasteiger partial charge on any atom is 0.265 e. The van der Waals surface area contributed by atoms with E-state index in [-0.39, 0.29) is 11.8 Å². The van der Waals surface area contributed by atoms with Gasteiger partial charge in [-0.25, -0.2) is 0 Å². The maximum atomic E-state index is 12.2. The summed E-state index contributed by atoms with van der Waals surface area (Å²) in [4.78, 5) is 23.6. The van der Waals surface area contributed by atoms with E-state index < -0.39 is 6.10 Å². The number of rotatable bonds is 6. The zero-order valence-corrected chi connectivity index (χ0v) is 14.3. The lowest BCUT2D eigenvalue weighted by Gasteiger charge is -2.15. The quantitative estimate of drug-likeness (QED) is 0.827. The number of carbonyl (C=O) groups is 2. The van der Waals surface area contributed by atoms with Gasteiger partial charge in [-0.3, -0.25) is 9.59 Å². The van der Waals surface area contributed by atoms with Crippen LogP contribution in [-0.2, 0) is 9.59 Å². The number of halogens is 1. The second-order valence-electron chi connectivity index (χ2n) is 5.19. The SMILES string of the molecule is CCC(=O)Nc1cccc(NC(=O)C(C)Oc2ccc(Cl)cc2)c1. The van der Waals surface area contributed by atoms with Gasteiger partial charge in [0, 0.05) is 22.8 Å². The lowest BCUT2D eigenvalue weighted by Crippen LogP contribution is -2.30. The highest BCUT2D eigenvalue weighted by Crippen LogP contribution is 2.18. The van der Waals surface area contributed by atoms with Gasteiger partial charge in [-0.2, -0.15) is 0 Å². The van der Waals surface area contributed by atoms with Crippen molar-refractivity contribution in [2.45, 2.75) is 26.4 Å². The van der Waals surface area contributed by atoms with E-state index in [1.54, 1.807) is 62.4 Å². The van der Waals surface area contributed by atoms with Crippen LogP contribution in [0.2, 0.25) is 5.02 Å². The molecule has 0 aliphatic heterocycles. The Morgan fingerprint density at radius 1 is 1.08 bits per heavy atom. The summed E-state index contributed by atoms with van der Waals surface area (Å²) in [6, 6.07) is 13.8. The molecule has 0 radical (unpaired) electrons. The first-order chi connectivity index (χ1) is 11.5. The average molecular weight is 347 g/mol. The third kappa shape index (κ3) is 5.28.